The maximum absolute atomic E-state index is 13.3. The maximum atomic E-state index is 13.3. The van der Waals surface area contributed by atoms with Gasteiger partial charge in [-0.05, 0) is 70.3 Å². The summed E-state index contributed by atoms with van der Waals surface area (Å²) in [6.45, 7) is 0.737. The van der Waals surface area contributed by atoms with Crippen molar-refractivity contribution in [1.82, 2.24) is 0 Å². The minimum Gasteiger partial charge on any atom is -0.384 e. The van der Waals surface area contributed by atoms with Gasteiger partial charge < -0.3 is 4.74 Å². The zero-order valence-electron chi connectivity index (χ0n) is 16.3. The van der Waals surface area contributed by atoms with Gasteiger partial charge in [-0.25, -0.2) is 4.39 Å². The fourth-order valence-electron chi connectivity index (χ4n) is 3.27. The predicted molar refractivity (Wildman–Crippen MR) is 117 cm³/mol. The van der Waals surface area contributed by atoms with Gasteiger partial charge in [-0.1, -0.05) is 60.4 Å². The molecule has 0 spiro atoms. The van der Waals surface area contributed by atoms with Crippen LogP contribution in [0.2, 0.25) is 0 Å². The molecule has 2 heteroatoms. The molecular formula is C27H21FO. The lowest BCUT2D eigenvalue weighted by atomic mass is 10.0. The summed E-state index contributed by atoms with van der Waals surface area (Å²) in [5.74, 6) is 6.19. The van der Waals surface area contributed by atoms with Gasteiger partial charge in [0.25, 0.3) is 0 Å². The van der Waals surface area contributed by atoms with Crippen molar-refractivity contribution in [3.63, 3.8) is 0 Å². The molecule has 142 valence electrons. The van der Waals surface area contributed by atoms with E-state index in [1.807, 2.05) is 30.3 Å². The van der Waals surface area contributed by atoms with Crippen LogP contribution in [0.25, 0.3) is 21.9 Å². The summed E-state index contributed by atoms with van der Waals surface area (Å²) in [5.41, 5.74) is 5.51. The van der Waals surface area contributed by atoms with Crippen molar-refractivity contribution in [2.24, 2.45) is 0 Å². The van der Waals surface area contributed by atoms with E-state index in [-0.39, 0.29) is 5.82 Å². The Balaban J connectivity index is 1.49. The number of methoxy groups -OCH3 is 1. The topological polar surface area (TPSA) is 9.23 Å². The van der Waals surface area contributed by atoms with E-state index in [1.54, 1.807) is 13.2 Å². The SMILES string of the molecule is COCCc1ccc(-c2ccc(C#Cc3ccc4cc(F)ccc4c3)cc2)cc1. The normalized spacial score (nSPS) is 10.6. The molecule has 4 rings (SSSR count). The maximum Gasteiger partial charge on any atom is 0.123 e. The van der Waals surface area contributed by atoms with Crippen LogP contribution in [0.4, 0.5) is 4.39 Å². The number of rotatable bonds is 4. The van der Waals surface area contributed by atoms with Gasteiger partial charge in [-0.2, -0.15) is 0 Å². The number of ether oxygens (including phenoxy) is 1. The molecule has 29 heavy (non-hydrogen) atoms. The Kier molecular flexibility index (Phi) is 5.70. The third-order valence-electron chi connectivity index (χ3n) is 4.92. The summed E-state index contributed by atoms with van der Waals surface area (Å²) < 4.78 is 18.4. The van der Waals surface area contributed by atoms with Crippen LogP contribution in [-0.4, -0.2) is 13.7 Å². The summed E-state index contributed by atoms with van der Waals surface area (Å²) in [6, 6.07) is 27.5. The van der Waals surface area contributed by atoms with Crippen molar-refractivity contribution >= 4 is 10.8 Å². The third kappa shape index (κ3) is 4.71. The molecule has 0 aliphatic heterocycles. The van der Waals surface area contributed by atoms with E-state index in [4.69, 9.17) is 4.74 Å². The lowest BCUT2D eigenvalue weighted by molar-refractivity contribution is 0.202. The van der Waals surface area contributed by atoms with Crippen molar-refractivity contribution in [3.05, 3.63) is 107 Å². The number of fused-ring (bicyclic) bond motifs is 1. The first-order chi connectivity index (χ1) is 14.2. The number of halogens is 1. The molecule has 0 atom stereocenters. The minimum absolute atomic E-state index is 0.221. The lowest BCUT2D eigenvalue weighted by Gasteiger charge is -2.04. The van der Waals surface area contributed by atoms with Crippen LogP contribution in [-0.2, 0) is 11.2 Å². The van der Waals surface area contributed by atoms with Crippen molar-refractivity contribution in [1.29, 1.82) is 0 Å². The highest BCUT2D eigenvalue weighted by Crippen LogP contribution is 2.21. The molecule has 0 radical (unpaired) electrons. The van der Waals surface area contributed by atoms with E-state index < -0.39 is 0 Å². The van der Waals surface area contributed by atoms with Gasteiger partial charge in [-0.15, -0.1) is 0 Å². The summed E-state index contributed by atoms with van der Waals surface area (Å²) in [5, 5.41) is 1.87. The predicted octanol–water partition coefficient (Wildman–Crippen LogP) is 6.23. The zero-order chi connectivity index (χ0) is 20.1. The van der Waals surface area contributed by atoms with E-state index in [2.05, 4.69) is 48.2 Å². The Bertz CT molecular complexity index is 1180. The van der Waals surface area contributed by atoms with Crippen LogP contribution in [0.5, 0.6) is 0 Å². The quantitative estimate of drug-likeness (QED) is 0.381. The molecule has 4 aromatic rings. The second kappa shape index (κ2) is 8.73. The van der Waals surface area contributed by atoms with Gasteiger partial charge in [0.1, 0.15) is 5.82 Å². The van der Waals surface area contributed by atoms with Gasteiger partial charge in [0.05, 0.1) is 6.61 Å². The molecule has 0 bridgehead atoms. The van der Waals surface area contributed by atoms with Crippen LogP contribution in [0.1, 0.15) is 16.7 Å². The van der Waals surface area contributed by atoms with E-state index in [0.29, 0.717) is 0 Å². The fourth-order valence-corrected chi connectivity index (χ4v) is 3.27. The van der Waals surface area contributed by atoms with Crippen LogP contribution in [0.3, 0.4) is 0 Å². The Morgan fingerprint density at radius 3 is 2.00 bits per heavy atom. The Hall–Kier alpha value is -3.41. The molecule has 0 aliphatic rings. The summed E-state index contributed by atoms with van der Waals surface area (Å²) in [4.78, 5) is 0. The third-order valence-corrected chi connectivity index (χ3v) is 4.92. The first kappa shape index (κ1) is 18.9. The van der Waals surface area contributed by atoms with Crippen LogP contribution >= 0.6 is 0 Å². The van der Waals surface area contributed by atoms with E-state index >= 15 is 0 Å². The van der Waals surface area contributed by atoms with Gasteiger partial charge in [0.2, 0.25) is 0 Å². The Morgan fingerprint density at radius 2 is 1.28 bits per heavy atom. The molecule has 0 saturated carbocycles. The second-order valence-corrected chi connectivity index (χ2v) is 6.97. The van der Waals surface area contributed by atoms with E-state index in [1.165, 1.54) is 28.8 Å². The second-order valence-electron chi connectivity index (χ2n) is 6.97. The van der Waals surface area contributed by atoms with Crippen molar-refractivity contribution in [3.8, 4) is 23.0 Å². The molecule has 1 nitrogen and oxygen atoms in total. The largest absolute Gasteiger partial charge is 0.384 e. The Morgan fingerprint density at radius 1 is 0.690 bits per heavy atom. The minimum atomic E-state index is -0.221. The lowest BCUT2D eigenvalue weighted by Crippen LogP contribution is -1.93. The first-order valence-corrected chi connectivity index (χ1v) is 9.61. The van der Waals surface area contributed by atoms with Gasteiger partial charge in [0, 0.05) is 18.2 Å². The van der Waals surface area contributed by atoms with Gasteiger partial charge in [-0.3, -0.25) is 0 Å². The average molecular weight is 380 g/mol. The monoisotopic (exact) mass is 380 g/mol. The smallest absolute Gasteiger partial charge is 0.123 e. The first-order valence-electron chi connectivity index (χ1n) is 9.61. The summed E-state index contributed by atoms with van der Waals surface area (Å²) in [7, 11) is 1.72. The number of hydrogen-bond donors (Lipinski definition) is 0. The molecule has 0 saturated heterocycles. The molecule has 0 amide bonds. The van der Waals surface area contributed by atoms with Crippen LogP contribution < -0.4 is 0 Å². The molecule has 0 aromatic heterocycles. The van der Waals surface area contributed by atoms with Crippen molar-refractivity contribution < 1.29 is 9.13 Å². The highest BCUT2D eigenvalue weighted by atomic mass is 19.1. The molecular weight excluding hydrogens is 359 g/mol. The summed E-state index contributed by atoms with van der Waals surface area (Å²) in [6.07, 6.45) is 0.926. The standard InChI is InChI=1S/C27H21FO/c1-29-17-16-21-6-11-24(12-7-21)23-9-4-20(5-10-23)2-3-22-8-13-26-19-27(28)15-14-25(26)18-22/h4-15,18-19H,16-17H2,1H3. The fraction of sp³-hybridized carbons (Fsp3) is 0.111. The average Bonchev–Trinajstić information content (AvgIpc) is 2.77. The van der Waals surface area contributed by atoms with Crippen molar-refractivity contribution in [2.45, 2.75) is 6.42 Å². The molecule has 0 heterocycles. The number of benzene rings is 4. The van der Waals surface area contributed by atoms with E-state index in [9.17, 15) is 4.39 Å². The van der Waals surface area contributed by atoms with Crippen LogP contribution in [0, 0.1) is 17.7 Å². The summed E-state index contributed by atoms with van der Waals surface area (Å²) >= 11 is 0. The van der Waals surface area contributed by atoms with E-state index in [0.717, 1.165) is 34.9 Å². The molecule has 0 unspecified atom stereocenters. The van der Waals surface area contributed by atoms with Crippen LogP contribution in [0.15, 0.2) is 84.9 Å². The van der Waals surface area contributed by atoms with Crippen molar-refractivity contribution in [2.75, 3.05) is 13.7 Å². The van der Waals surface area contributed by atoms with Gasteiger partial charge in [0.15, 0.2) is 0 Å². The Labute approximate surface area is 170 Å². The molecule has 0 fully saturated rings. The molecule has 4 aromatic carbocycles. The molecule has 0 aliphatic carbocycles. The van der Waals surface area contributed by atoms with Gasteiger partial charge >= 0.3 is 0 Å². The molecule has 0 N–H and O–H groups in total. The number of hydrogen-bond acceptors (Lipinski definition) is 1. The highest BCUT2D eigenvalue weighted by Gasteiger charge is 2.00. The highest BCUT2D eigenvalue weighted by molar-refractivity contribution is 5.84. The zero-order valence-corrected chi connectivity index (χ0v) is 16.3.